The SMILES string of the molecule is CC(C)OC1/C=C/C(OC(=O)OI)CC2OCOC2C1. The van der Waals surface area contributed by atoms with Gasteiger partial charge in [-0.25, -0.2) is 4.79 Å². The predicted molar refractivity (Wildman–Crippen MR) is 78.4 cm³/mol. The quantitative estimate of drug-likeness (QED) is 0.414. The lowest BCUT2D eigenvalue weighted by atomic mass is 9.97. The van der Waals surface area contributed by atoms with Gasteiger partial charge in [0.1, 0.15) is 12.9 Å². The van der Waals surface area contributed by atoms with Crippen LogP contribution in [-0.4, -0.2) is 43.5 Å². The summed E-state index contributed by atoms with van der Waals surface area (Å²) < 4.78 is 26.6. The minimum atomic E-state index is -0.711. The van der Waals surface area contributed by atoms with Gasteiger partial charge in [-0.15, -0.1) is 0 Å². The highest BCUT2D eigenvalue weighted by Crippen LogP contribution is 2.27. The molecule has 1 heterocycles. The van der Waals surface area contributed by atoms with Crippen molar-refractivity contribution < 1.29 is 26.8 Å². The Labute approximate surface area is 132 Å². The van der Waals surface area contributed by atoms with Crippen molar-refractivity contribution in [2.24, 2.45) is 0 Å². The van der Waals surface area contributed by atoms with Gasteiger partial charge in [0.2, 0.25) is 0 Å². The monoisotopic (exact) mass is 398 g/mol. The molecule has 0 spiro atoms. The van der Waals surface area contributed by atoms with Crippen molar-refractivity contribution >= 4 is 29.2 Å². The molecule has 0 aromatic carbocycles. The molecule has 0 bridgehead atoms. The summed E-state index contributed by atoms with van der Waals surface area (Å²) in [4.78, 5) is 11.2. The largest absolute Gasteiger partial charge is 0.518 e. The topological polar surface area (TPSA) is 63.2 Å². The molecule has 0 radical (unpaired) electrons. The standard InChI is InChI=1S/C13H19IO6/c1-8(2)18-9-3-4-10(19-13(15)20-14)6-12-11(5-9)16-7-17-12/h3-4,8-12H,5-7H2,1-2H3/b4-3+. The summed E-state index contributed by atoms with van der Waals surface area (Å²) in [6, 6.07) is 0. The van der Waals surface area contributed by atoms with E-state index in [1.54, 1.807) is 0 Å². The molecule has 0 saturated carbocycles. The third kappa shape index (κ3) is 4.57. The van der Waals surface area contributed by atoms with E-state index < -0.39 is 12.3 Å². The predicted octanol–water partition coefficient (Wildman–Crippen LogP) is 2.74. The molecule has 1 aliphatic heterocycles. The molecule has 0 aromatic rings. The van der Waals surface area contributed by atoms with Gasteiger partial charge in [-0.2, -0.15) is 0 Å². The molecule has 0 aromatic heterocycles. The summed E-state index contributed by atoms with van der Waals surface area (Å²) in [7, 11) is 0. The Morgan fingerprint density at radius 2 is 1.80 bits per heavy atom. The van der Waals surface area contributed by atoms with Crippen LogP contribution in [0.25, 0.3) is 0 Å². The van der Waals surface area contributed by atoms with E-state index in [9.17, 15) is 4.79 Å². The Balaban J connectivity index is 2.06. The van der Waals surface area contributed by atoms with Gasteiger partial charge in [0, 0.05) is 12.8 Å². The molecule has 114 valence electrons. The van der Waals surface area contributed by atoms with E-state index in [0.717, 1.165) is 6.42 Å². The molecule has 1 aliphatic carbocycles. The maximum atomic E-state index is 11.2. The number of halogens is 1. The maximum absolute atomic E-state index is 11.2. The summed E-state index contributed by atoms with van der Waals surface area (Å²) in [5.41, 5.74) is 0. The van der Waals surface area contributed by atoms with Crippen molar-refractivity contribution in [3.05, 3.63) is 12.2 Å². The van der Waals surface area contributed by atoms with Gasteiger partial charge >= 0.3 is 6.16 Å². The maximum Gasteiger partial charge on any atom is 0.518 e. The van der Waals surface area contributed by atoms with Gasteiger partial charge in [0.25, 0.3) is 0 Å². The fourth-order valence-electron chi connectivity index (χ4n) is 2.41. The van der Waals surface area contributed by atoms with Gasteiger partial charge in [-0.05, 0) is 19.9 Å². The van der Waals surface area contributed by atoms with Gasteiger partial charge in [0.15, 0.2) is 23.0 Å². The summed E-state index contributed by atoms with van der Waals surface area (Å²) in [5, 5.41) is 0. The average molecular weight is 398 g/mol. The number of rotatable bonds is 3. The highest BCUT2D eigenvalue weighted by Gasteiger charge is 2.35. The number of carbonyl (C=O) groups is 1. The van der Waals surface area contributed by atoms with Crippen LogP contribution < -0.4 is 0 Å². The van der Waals surface area contributed by atoms with Crippen LogP contribution in [-0.2, 0) is 22.0 Å². The second-order valence-electron chi connectivity index (χ2n) is 5.09. The molecule has 4 atom stereocenters. The smallest absolute Gasteiger partial charge is 0.426 e. The molecule has 4 unspecified atom stereocenters. The van der Waals surface area contributed by atoms with Crippen molar-refractivity contribution in [2.75, 3.05) is 6.79 Å². The van der Waals surface area contributed by atoms with Crippen LogP contribution in [0.4, 0.5) is 4.79 Å². The van der Waals surface area contributed by atoms with E-state index in [0.29, 0.717) is 6.42 Å². The fourth-order valence-corrected chi connectivity index (χ4v) is 2.51. The molecule has 6 nitrogen and oxygen atoms in total. The Kier molecular flexibility index (Phi) is 6.06. The lowest BCUT2D eigenvalue weighted by Crippen LogP contribution is -2.35. The molecular weight excluding hydrogens is 379 g/mol. The molecule has 1 fully saturated rings. The van der Waals surface area contributed by atoms with Crippen LogP contribution in [0.15, 0.2) is 12.2 Å². The zero-order valence-corrected chi connectivity index (χ0v) is 13.6. The van der Waals surface area contributed by atoms with E-state index >= 15 is 0 Å². The average Bonchev–Trinajstić information content (AvgIpc) is 2.79. The zero-order valence-electron chi connectivity index (χ0n) is 11.5. The summed E-state index contributed by atoms with van der Waals surface area (Å²) in [6.07, 6.45) is 3.85. The first-order valence-corrected chi connectivity index (χ1v) is 7.52. The van der Waals surface area contributed by atoms with Gasteiger partial charge in [-0.1, -0.05) is 6.08 Å². The van der Waals surface area contributed by atoms with Crippen LogP contribution in [0.1, 0.15) is 26.7 Å². The van der Waals surface area contributed by atoms with Gasteiger partial charge in [0.05, 0.1) is 24.4 Å². The van der Waals surface area contributed by atoms with Crippen LogP contribution >= 0.6 is 23.0 Å². The third-order valence-corrected chi connectivity index (χ3v) is 3.57. The third-order valence-electron chi connectivity index (χ3n) is 3.21. The van der Waals surface area contributed by atoms with Gasteiger partial charge in [-0.3, -0.25) is 0 Å². The highest BCUT2D eigenvalue weighted by molar-refractivity contribution is 14.1. The number of hydrogen-bond donors (Lipinski definition) is 0. The first-order valence-electron chi connectivity index (χ1n) is 6.64. The minimum Gasteiger partial charge on any atom is -0.426 e. The Morgan fingerprint density at radius 3 is 2.40 bits per heavy atom. The zero-order chi connectivity index (χ0) is 14.5. The van der Waals surface area contributed by atoms with E-state index in [1.165, 1.54) is 23.0 Å². The molecule has 0 amide bonds. The Bertz CT molecular complexity index is 359. The fraction of sp³-hybridized carbons (Fsp3) is 0.769. The molecular formula is C13H19IO6. The van der Waals surface area contributed by atoms with E-state index in [2.05, 4.69) is 3.07 Å². The number of carbonyl (C=O) groups excluding carboxylic acids is 1. The first kappa shape index (κ1) is 16.0. The van der Waals surface area contributed by atoms with Crippen LogP contribution in [0.2, 0.25) is 0 Å². The lowest BCUT2D eigenvalue weighted by Gasteiger charge is -2.27. The Morgan fingerprint density at radius 1 is 1.20 bits per heavy atom. The Hall–Kier alpha value is -0.380. The first-order chi connectivity index (χ1) is 9.58. The van der Waals surface area contributed by atoms with E-state index in [-0.39, 0.29) is 31.2 Å². The molecule has 20 heavy (non-hydrogen) atoms. The summed E-state index contributed by atoms with van der Waals surface area (Å²) >= 11 is 1.50. The van der Waals surface area contributed by atoms with Crippen molar-refractivity contribution in [1.82, 2.24) is 0 Å². The second-order valence-corrected chi connectivity index (χ2v) is 5.53. The van der Waals surface area contributed by atoms with Crippen LogP contribution in [0.3, 0.4) is 0 Å². The number of ether oxygens (including phenoxy) is 4. The lowest BCUT2D eigenvalue weighted by molar-refractivity contribution is -0.0113. The van der Waals surface area contributed by atoms with Crippen LogP contribution in [0.5, 0.6) is 0 Å². The van der Waals surface area contributed by atoms with Crippen molar-refractivity contribution in [3.8, 4) is 0 Å². The molecule has 0 N–H and O–H groups in total. The van der Waals surface area contributed by atoms with Gasteiger partial charge < -0.3 is 22.0 Å². The molecule has 2 rings (SSSR count). The van der Waals surface area contributed by atoms with Crippen molar-refractivity contribution in [2.45, 2.75) is 57.2 Å². The highest BCUT2D eigenvalue weighted by atomic mass is 127. The summed E-state index contributed by atoms with van der Waals surface area (Å²) in [6.45, 7) is 4.24. The second kappa shape index (κ2) is 7.58. The van der Waals surface area contributed by atoms with E-state index in [1.807, 2.05) is 26.0 Å². The number of fused-ring (bicyclic) bond motifs is 1. The minimum absolute atomic E-state index is 0.0366. The molecule has 1 saturated heterocycles. The van der Waals surface area contributed by atoms with E-state index in [4.69, 9.17) is 18.9 Å². The number of hydrogen-bond acceptors (Lipinski definition) is 6. The van der Waals surface area contributed by atoms with Crippen molar-refractivity contribution in [3.63, 3.8) is 0 Å². The van der Waals surface area contributed by atoms with Crippen LogP contribution in [0, 0.1) is 0 Å². The normalized spacial score (nSPS) is 35.0. The molecule has 2 aliphatic rings. The summed E-state index contributed by atoms with van der Waals surface area (Å²) in [5.74, 6) is 0. The molecule has 7 heteroatoms. The van der Waals surface area contributed by atoms with Crippen molar-refractivity contribution in [1.29, 1.82) is 0 Å².